The zero-order valence-electron chi connectivity index (χ0n) is 16.1. The molecule has 0 saturated carbocycles. The minimum absolute atomic E-state index is 0.923. The van der Waals surface area contributed by atoms with E-state index >= 15 is 0 Å². The molecule has 0 unspecified atom stereocenters. The van der Waals surface area contributed by atoms with Gasteiger partial charge in [-0.25, -0.2) is 9.97 Å². The highest BCUT2D eigenvalue weighted by atomic mass is 15.1. The predicted octanol–water partition coefficient (Wildman–Crippen LogP) is 5.17. The topological polar surface area (TPSA) is 43.6 Å². The maximum Gasteiger partial charge on any atom is 0.160 e. The van der Waals surface area contributed by atoms with Crippen LogP contribution in [0.2, 0.25) is 0 Å². The van der Waals surface area contributed by atoms with Gasteiger partial charge in [0.15, 0.2) is 5.65 Å². The van der Waals surface area contributed by atoms with Gasteiger partial charge < -0.3 is 4.57 Å². The monoisotopic (exact) mass is 336 g/mol. The van der Waals surface area contributed by atoms with Crippen molar-refractivity contribution in [3.8, 4) is 11.1 Å². The van der Waals surface area contributed by atoms with Crippen LogP contribution in [0.25, 0.3) is 22.3 Å². The molecule has 0 saturated heterocycles. The maximum atomic E-state index is 4.95. The zero-order valence-corrected chi connectivity index (χ0v) is 16.1. The first-order valence-corrected chi connectivity index (χ1v) is 9.36. The summed E-state index contributed by atoms with van der Waals surface area (Å²) in [5.41, 5.74) is 7.66. The van der Waals surface area contributed by atoms with Gasteiger partial charge in [0.25, 0.3) is 0 Å². The molecule has 132 valence electrons. The standard InChI is InChI=1S/C21H28N4/c1-6-8-9-12-25-19(7-2)24-20-17(10-11-22-21(20)25)18-13-14(3)15(4)23-16(18)5/h10-11,13H,6-9,12H2,1-5H3. The fourth-order valence-electron chi connectivity index (χ4n) is 3.40. The van der Waals surface area contributed by atoms with Gasteiger partial charge in [-0.3, -0.25) is 4.98 Å². The average Bonchev–Trinajstić information content (AvgIpc) is 2.96. The third kappa shape index (κ3) is 3.30. The highest BCUT2D eigenvalue weighted by Gasteiger charge is 2.16. The summed E-state index contributed by atoms with van der Waals surface area (Å²) in [5.74, 6) is 1.13. The number of pyridine rings is 2. The van der Waals surface area contributed by atoms with Crippen LogP contribution < -0.4 is 0 Å². The summed E-state index contributed by atoms with van der Waals surface area (Å²) in [4.78, 5) is 14.3. The van der Waals surface area contributed by atoms with E-state index in [1.54, 1.807) is 0 Å². The van der Waals surface area contributed by atoms with Gasteiger partial charge in [-0.05, 0) is 44.9 Å². The first-order valence-electron chi connectivity index (χ1n) is 9.36. The molecule has 4 heteroatoms. The van der Waals surface area contributed by atoms with E-state index in [2.05, 4.69) is 56.3 Å². The van der Waals surface area contributed by atoms with E-state index in [1.807, 2.05) is 6.20 Å². The van der Waals surface area contributed by atoms with Gasteiger partial charge in [0.05, 0.1) is 0 Å². The minimum atomic E-state index is 0.923. The number of unbranched alkanes of at least 4 members (excludes halogenated alkanes) is 2. The quantitative estimate of drug-likeness (QED) is 0.583. The number of fused-ring (bicyclic) bond motifs is 1. The third-order valence-corrected chi connectivity index (χ3v) is 4.96. The molecule has 25 heavy (non-hydrogen) atoms. The van der Waals surface area contributed by atoms with Gasteiger partial charge in [-0.1, -0.05) is 26.7 Å². The molecular weight excluding hydrogens is 308 g/mol. The van der Waals surface area contributed by atoms with Gasteiger partial charge in [-0.2, -0.15) is 0 Å². The van der Waals surface area contributed by atoms with Crippen molar-refractivity contribution < 1.29 is 0 Å². The number of nitrogens with zero attached hydrogens (tertiary/aromatic N) is 4. The number of hydrogen-bond acceptors (Lipinski definition) is 3. The average molecular weight is 336 g/mol. The molecule has 0 N–H and O–H groups in total. The lowest BCUT2D eigenvalue weighted by Crippen LogP contribution is -2.04. The molecule has 0 amide bonds. The smallest absolute Gasteiger partial charge is 0.160 e. The van der Waals surface area contributed by atoms with Crippen molar-refractivity contribution in [3.05, 3.63) is 41.1 Å². The molecule has 3 aromatic heterocycles. The van der Waals surface area contributed by atoms with Crippen molar-refractivity contribution in [1.82, 2.24) is 19.5 Å². The van der Waals surface area contributed by atoms with E-state index in [0.717, 1.165) is 52.5 Å². The first-order chi connectivity index (χ1) is 12.1. The minimum Gasteiger partial charge on any atom is -0.313 e. The molecule has 3 heterocycles. The predicted molar refractivity (Wildman–Crippen MR) is 104 cm³/mol. The van der Waals surface area contributed by atoms with Gasteiger partial charge in [-0.15, -0.1) is 0 Å². The molecule has 0 radical (unpaired) electrons. The van der Waals surface area contributed by atoms with E-state index < -0.39 is 0 Å². The molecule has 0 fully saturated rings. The van der Waals surface area contributed by atoms with Crippen molar-refractivity contribution in [3.63, 3.8) is 0 Å². The second-order valence-electron chi connectivity index (χ2n) is 6.79. The highest BCUT2D eigenvalue weighted by Crippen LogP contribution is 2.30. The molecule has 0 aliphatic carbocycles. The Morgan fingerprint density at radius 1 is 0.960 bits per heavy atom. The van der Waals surface area contributed by atoms with E-state index in [9.17, 15) is 0 Å². The van der Waals surface area contributed by atoms with E-state index in [1.165, 1.54) is 24.8 Å². The summed E-state index contributed by atoms with van der Waals surface area (Å²) < 4.78 is 2.30. The lowest BCUT2D eigenvalue weighted by atomic mass is 10.0. The Morgan fingerprint density at radius 2 is 1.76 bits per heavy atom. The summed E-state index contributed by atoms with van der Waals surface area (Å²) in [7, 11) is 0. The third-order valence-electron chi connectivity index (χ3n) is 4.96. The summed E-state index contributed by atoms with van der Waals surface area (Å²) in [6.07, 6.45) is 6.46. The molecule has 0 spiro atoms. The van der Waals surface area contributed by atoms with Crippen LogP contribution in [0.15, 0.2) is 18.3 Å². The molecule has 0 aliphatic rings. The number of rotatable bonds is 6. The SMILES string of the molecule is CCCCCn1c(CC)nc2c(-c3cc(C)c(C)nc3C)ccnc21. The van der Waals surface area contributed by atoms with Crippen LogP contribution in [0.4, 0.5) is 0 Å². The van der Waals surface area contributed by atoms with E-state index in [0.29, 0.717) is 0 Å². The maximum absolute atomic E-state index is 4.95. The van der Waals surface area contributed by atoms with Crippen LogP contribution in [0.1, 0.15) is 55.9 Å². The molecule has 0 aromatic carbocycles. The van der Waals surface area contributed by atoms with Gasteiger partial charge >= 0.3 is 0 Å². The summed E-state index contributed by atoms with van der Waals surface area (Å²) >= 11 is 0. The summed E-state index contributed by atoms with van der Waals surface area (Å²) in [6.45, 7) is 11.6. The molecule has 4 nitrogen and oxygen atoms in total. The number of aryl methyl sites for hydroxylation is 5. The lowest BCUT2D eigenvalue weighted by molar-refractivity contribution is 0.591. The van der Waals surface area contributed by atoms with Crippen molar-refractivity contribution in [2.45, 2.75) is 66.8 Å². The van der Waals surface area contributed by atoms with E-state index in [-0.39, 0.29) is 0 Å². The summed E-state index contributed by atoms with van der Waals surface area (Å²) in [6, 6.07) is 4.30. The second kappa shape index (κ2) is 7.34. The first kappa shape index (κ1) is 17.6. The van der Waals surface area contributed by atoms with Crippen molar-refractivity contribution >= 4 is 11.2 Å². The number of aromatic nitrogens is 4. The Labute approximate surface area is 150 Å². The Bertz CT molecular complexity index is 893. The van der Waals surface area contributed by atoms with Crippen LogP contribution in [-0.4, -0.2) is 19.5 Å². The van der Waals surface area contributed by atoms with Crippen LogP contribution in [0.3, 0.4) is 0 Å². The fourth-order valence-corrected chi connectivity index (χ4v) is 3.40. The molecular formula is C21H28N4. The van der Waals surface area contributed by atoms with E-state index in [4.69, 9.17) is 9.97 Å². The number of hydrogen-bond donors (Lipinski definition) is 0. The Balaban J connectivity index is 2.16. The van der Waals surface area contributed by atoms with Crippen LogP contribution in [-0.2, 0) is 13.0 Å². The number of imidazole rings is 1. The van der Waals surface area contributed by atoms with Crippen molar-refractivity contribution in [2.24, 2.45) is 0 Å². The van der Waals surface area contributed by atoms with Gasteiger partial charge in [0.1, 0.15) is 11.3 Å². The van der Waals surface area contributed by atoms with Gasteiger partial charge in [0.2, 0.25) is 0 Å². The Morgan fingerprint density at radius 3 is 2.48 bits per heavy atom. The molecule has 3 aromatic rings. The molecule has 0 atom stereocenters. The molecule has 0 aliphatic heterocycles. The fraction of sp³-hybridized carbons (Fsp3) is 0.476. The van der Waals surface area contributed by atoms with Crippen molar-refractivity contribution in [2.75, 3.05) is 0 Å². The normalized spacial score (nSPS) is 11.4. The molecule has 0 bridgehead atoms. The second-order valence-corrected chi connectivity index (χ2v) is 6.79. The van der Waals surface area contributed by atoms with Crippen LogP contribution >= 0.6 is 0 Å². The summed E-state index contributed by atoms with van der Waals surface area (Å²) in [5, 5.41) is 0. The Hall–Kier alpha value is -2.23. The van der Waals surface area contributed by atoms with Crippen LogP contribution in [0.5, 0.6) is 0 Å². The largest absolute Gasteiger partial charge is 0.313 e. The van der Waals surface area contributed by atoms with Crippen LogP contribution in [0, 0.1) is 20.8 Å². The van der Waals surface area contributed by atoms with Gasteiger partial charge in [0, 0.05) is 41.7 Å². The van der Waals surface area contributed by atoms with Crippen molar-refractivity contribution in [1.29, 1.82) is 0 Å². The highest BCUT2D eigenvalue weighted by molar-refractivity contribution is 5.91. The Kier molecular flexibility index (Phi) is 5.16. The zero-order chi connectivity index (χ0) is 18.0. The molecule has 3 rings (SSSR count). The lowest BCUT2D eigenvalue weighted by Gasteiger charge is -2.10.